The van der Waals surface area contributed by atoms with E-state index in [1.54, 1.807) is 0 Å². The number of aromatic nitrogens is 2. The van der Waals surface area contributed by atoms with Crippen molar-refractivity contribution in [2.75, 3.05) is 12.1 Å². The molecule has 1 aliphatic rings. The van der Waals surface area contributed by atoms with Gasteiger partial charge in [-0.3, -0.25) is 0 Å². The van der Waals surface area contributed by atoms with E-state index < -0.39 is 0 Å². The quantitative estimate of drug-likeness (QED) is 0.924. The maximum atomic E-state index is 5.37. The zero-order valence-electron chi connectivity index (χ0n) is 11.7. The average molecular weight is 275 g/mol. The molecule has 20 heavy (non-hydrogen) atoms. The van der Waals surface area contributed by atoms with E-state index >= 15 is 0 Å². The Kier molecular flexibility index (Phi) is 3.22. The van der Waals surface area contributed by atoms with Gasteiger partial charge in [0.1, 0.15) is 0 Å². The Morgan fingerprint density at radius 2 is 1.95 bits per heavy atom. The van der Waals surface area contributed by atoms with Gasteiger partial charge in [-0.1, -0.05) is 25.1 Å². The van der Waals surface area contributed by atoms with Crippen molar-refractivity contribution in [3.05, 3.63) is 29.6 Å². The standard InChI is InChI=1S/C14H17N3O3/c1-8(2)13-16-14(20-17-13)15-9(3)10-4-5-11-12(6-10)19-7-18-11/h4-6,8-9H,7H2,1-3H3,(H,15,16,17). The molecule has 1 aliphatic heterocycles. The van der Waals surface area contributed by atoms with Gasteiger partial charge < -0.3 is 19.3 Å². The highest BCUT2D eigenvalue weighted by Gasteiger charge is 2.17. The molecule has 0 bridgehead atoms. The van der Waals surface area contributed by atoms with Crippen molar-refractivity contribution in [2.24, 2.45) is 0 Å². The van der Waals surface area contributed by atoms with E-state index in [0.717, 1.165) is 17.1 Å². The first-order valence-electron chi connectivity index (χ1n) is 6.63. The van der Waals surface area contributed by atoms with Crippen molar-refractivity contribution in [3.8, 4) is 11.5 Å². The lowest BCUT2D eigenvalue weighted by atomic mass is 10.1. The Balaban J connectivity index is 1.73. The highest BCUT2D eigenvalue weighted by Crippen LogP contribution is 2.34. The molecule has 0 amide bonds. The van der Waals surface area contributed by atoms with Crippen molar-refractivity contribution < 1.29 is 14.0 Å². The minimum Gasteiger partial charge on any atom is -0.454 e. The van der Waals surface area contributed by atoms with Gasteiger partial charge in [-0.05, 0) is 24.6 Å². The Labute approximate surface area is 117 Å². The number of hydrogen-bond donors (Lipinski definition) is 1. The van der Waals surface area contributed by atoms with Crippen LogP contribution in [0.3, 0.4) is 0 Å². The summed E-state index contributed by atoms with van der Waals surface area (Å²) in [7, 11) is 0. The third-order valence-electron chi connectivity index (χ3n) is 3.19. The second-order valence-corrected chi connectivity index (χ2v) is 5.09. The first-order chi connectivity index (χ1) is 9.63. The van der Waals surface area contributed by atoms with Crippen molar-refractivity contribution in [1.82, 2.24) is 10.1 Å². The van der Waals surface area contributed by atoms with Gasteiger partial charge in [0.2, 0.25) is 6.79 Å². The fourth-order valence-electron chi connectivity index (χ4n) is 1.98. The molecule has 1 atom stereocenters. The van der Waals surface area contributed by atoms with Crippen LogP contribution in [-0.2, 0) is 0 Å². The largest absolute Gasteiger partial charge is 0.454 e. The van der Waals surface area contributed by atoms with Crippen molar-refractivity contribution in [2.45, 2.75) is 32.7 Å². The number of rotatable bonds is 4. The molecule has 1 aromatic heterocycles. The first-order valence-corrected chi connectivity index (χ1v) is 6.63. The molecule has 3 rings (SSSR count). The highest BCUT2D eigenvalue weighted by molar-refractivity contribution is 5.46. The van der Waals surface area contributed by atoms with E-state index in [9.17, 15) is 0 Å². The summed E-state index contributed by atoms with van der Waals surface area (Å²) in [5.41, 5.74) is 1.07. The van der Waals surface area contributed by atoms with Crippen LogP contribution >= 0.6 is 0 Å². The summed E-state index contributed by atoms with van der Waals surface area (Å²) >= 11 is 0. The predicted molar refractivity (Wildman–Crippen MR) is 73.0 cm³/mol. The lowest BCUT2D eigenvalue weighted by Crippen LogP contribution is -2.07. The topological polar surface area (TPSA) is 69.4 Å². The molecule has 0 saturated carbocycles. The Hall–Kier alpha value is -2.24. The van der Waals surface area contributed by atoms with Gasteiger partial charge in [0.25, 0.3) is 0 Å². The maximum Gasteiger partial charge on any atom is 0.321 e. The number of fused-ring (bicyclic) bond motifs is 1. The van der Waals surface area contributed by atoms with E-state index in [1.807, 2.05) is 39.0 Å². The molecule has 1 aromatic carbocycles. The maximum absolute atomic E-state index is 5.37. The first kappa shape index (κ1) is 12.8. The van der Waals surface area contributed by atoms with E-state index in [4.69, 9.17) is 14.0 Å². The number of anilines is 1. The number of hydrogen-bond acceptors (Lipinski definition) is 6. The molecule has 6 nitrogen and oxygen atoms in total. The van der Waals surface area contributed by atoms with Gasteiger partial charge >= 0.3 is 6.01 Å². The summed E-state index contributed by atoms with van der Waals surface area (Å²) < 4.78 is 15.9. The third-order valence-corrected chi connectivity index (χ3v) is 3.19. The summed E-state index contributed by atoms with van der Waals surface area (Å²) in [4.78, 5) is 4.30. The van der Waals surface area contributed by atoms with Crippen LogP contribution in [0, 0.1) is 0 Å². The Morgan fingerprint density at radius 3 is 2.70 bits per heavy atom. The van der Waals surface area contributed by atoms with Crippen molar-refractivity contribution in [3.63, 3.8) is 0 Å². The van der Waals surface area contributed by atoms with Crippen LogP contribution in [0.1, 0.15) is 44.1 Å². The summed E-state index contributed by atoms with van der Waals surface area (Å²) in [5.74, 6) is 2.49. The van der Waals surface area contributed by atoms with E-state index in [0.29, 0.717) is 11.8 Å². The minimum atomic E-state index is 0.0324. The smallest absolute Gasteiger partial charge is 0.321 e. The van der Waals surface area contributed by atoms with Crippen LogP contribution in [0.2, 0.25) is 0 Å². The fraction of sp³-hybridized carbons (Fsp3) is 0.429. The van der Waals surface area contributed by atoms with Gasteiger partial charge in [0.15, 0.2) is 17.3 Å². The molecular formula is C14H17N3O3. The minimum absolute atomic E-state index is 0.0324. The molecule has 0 spiro atoms. The monoisotopic (exact) mass is 275 g/mol. The third kappa shape index (κ3) is 2.41. The Morgan fingerprint density at radius 1 is 1.15 bits per heavy atom. The van der Waals surface area contributed by atoms with Crippen LogP contribution in [-0.4, -0.2) is 16.9 Å². The second-order valence-electron chi connectivity index (χ2n) is 5.09. The molecule has 2 aromatic rings. The van der Waals surface area contributed by atoms with Gasteiger partial charge in [0.05, 0.1) is 6.04 Å². The second kappa shape index (κ2) is 5.03. The normalized spacial score (nSPS) is 14.6. The molecule has 0 saturated heterocycles. The fourth-order valence-corrected chi connectivity index (χ4v) is 1.98. The number of benzene rings is 1. The zero-order chi connectivity index (χ0) is 14.1. The number of nitrogens with one attached hydrogen (secondary N) is 1. The number of ether oxygens (including phenoxy) is 2. The molecule has 106 valence electrons. The van der Waals surface area contributed by atoms with E-state index in [-0.39, 0.29) is 18.8 Å². The summed E-state index contributed by atoms with van der Waals surface area (Å²) in [6, 6.07) is 6.32. The molecule has 6 heteroatoms. The highest BCUT2D eigenvalue weighted by atomic mass is 16.7. The molecule has 0 fully saturated rings. The van der Waals surface area contributed by atoms with Gasteiger partial charge in [0, 0.05) is 5.92 Å². The lowest BCUT2D eigenvalue weighted by Gasteiger charge is -2.12. The molecule has 1 N–H and O–H groups in total. The van der Waals surface area contributed by atoms with E-state index in [2.05, 4.69) is 15.5 Å². The lowest BCUT2D eigenvalue weighted by molar-refractivity contribution is 0.174. The summed E-state index contributed by atoms with van der Waals surface area (Å²) in [6.45, 7) is 6.35. The van der Waals surface area contributed by atoms with Gasteiger partial charge in [-0.25, -0.2) is 0 Å². The van der Waals surface area contributed by atoms with E-state index in [1.165, 1.54) is 0 Å². The van der Waals surface area contributed by atoms with Gasteiger partial charge in [-0.15, -0.1) is 0 Å². The van der Waals surface area contributed by atoms with Crippen molar-refractivity contribution >= 4 is 6.01 Å². The SMILES string of the molecule is CC(C)c1noc(NC(C)c2ccc3c(c2)OCO3)n1. The van der Waals surface area contributed by atoms with Crippen LogP contribution in [0.25, 0.3) is 0 Å². The van der Waals surface area contributed by atoms with Crippen LogP contribution < -0.4 is 14.8 Å². The predicted octanol–water partition coefficient (Wildman–Crippen LogP) is 3.09. The molecule has 0 radical (unpaired) electrons. The molecule has 0 aliphatic carbocycles. The summed E-state index contributed by atoms with van der Waals surface area (Å²) in [5, 5.41) is 7.11. The van der Waals surface area contributed by atoms with Crippen molar-refractivity contribution in [1.29, 1.82) is 0 Å². The van der Waals surface area contributed by atoms with Crippen LogP contribution in [0.4, 0.5) is 6.01 Å². The number of nitrogens with zero attached hydrogens (tertiary/aromatic N) is 2. The molecule has 1 unspecified atom stereocenters. The molecular weight excluding hydrogens is 258 g/mol. The summed E-state index contributed by atoms with van der Waals surface area (Å²) in [6.07, 6.45) is 0. The van der Waals surface area contributed by atoms with Gasteiger partial charge in [-0.2, -0.15) is 4.98 Å². The molecule has 2 heterocycles. The average Bonchev–Trinajstić information content (AvgIpc) is 3.05. The zero-order valence-corrected chi connectivity index (χ0v) is 11.7. The Bertz CT molecular complexity index is 609. The van der Waals surface area contributed by atoms with Crippen LogP contribution in [0.5, 0.6) is 11.5 Å². The van der Waals surface area contributed by atoms with Crippen LogP contribution in [0.15, 0.2) is 22.7 Å².